The lowest BCUT2D eigenvalue weighted by Gasteiger charge is -2.22. The van der Waals surface area contributed by atoms with E-state index in [9.17, 15) is 14.5 Å². The first-order chi connectivity index (χ1) is 11.2. The summed E-state index contributed by atoms with van der Waals surface area (Å²) in [6.45, 7) is -1.68. The predicted octanol–water partition coefficient (Wildman–Crippen LogP) is -2.49. The molecule has 24 heavy (non-hydrogen) atoms. The fraction of sp³-hybridized carbons (Fsp3) is 0.500. The van der Waals surface area contributed by atoms with Crippen molar-refractivity contribution in [2.24, 2.45) is 0 Å². The average molecular weight is 365 g/mol. The number of rotatable bonds is 8. The topological polar surface area (TPSA) is 206 Å². The number of imidazole rings is 1. The van der Waals surface area contributed by atoms with Gasteiger partial charge < -0.3 is 30.5 Å². The highest BCUT2D eigenvalue weighted by molar-refractivity contribution is 7.46. The zero-order valence-corrected chi connectivity index (χ0v) is 13.0. The number of aromatic nitrogens is 4. The molecule has 2 rings (SSSR count). The van der Waals surface area contributed by atoms with E-state index < -0.39 is 38.8 Å². The zero-order valence-electron chi connectivity index (χ0n) is 12.1. The summed E-state index contributed by atoms with van der Waals surface area (Å²) in [5.74, 6) is -0.133. The summed E-state index contributed by atoms with van der Waals surface area (Å²) in [6.07, 6.45) is -1.47. The molecule has 13 nitrogen and oxygen atoms in total. The van der Waals surface area contributed by atoms with E-state index in [2.05, 4.69) is 19.5 Å². The maximum absolute atomic E-state index is 11.6. The van der Waals surface area contributed by atoms with Crippen LogP contribution in [0.5, 0.6) is 0 Å². The number of phosphoric acid groups is 1. The van der Waals surface area contributed by atoms with Crippen LogP contribution in [0.3, 0.4) is 0 Å². The maximum atomic E-state index is 11.6. The quantitative estimate of drug-likeness (QED) is 0.270. The van der Waals surface area contributed by atoms with Gasteiger partial charge in [0.15, 0.2) is 11.2 Å². The van der Waals surface area contributed by atoms with Gasteiger partial charge in [0.25, 0.3) is 5.56 Å². The molecule has 1 unspecified atom stereocenters. The van der Waals surface area contributed by atoms with Gasteiger partial charge in [-0.3, -0.25) is 18.9 Å². The lowest BCUT2D eigenvalue weighted by atomic mass is 10.2. The van der Waals surface area contributed by atoms with Gasteiger partial charge in [-0.15, -0.1) is 0 Å². The Bertz CT molecular complexity index is 800. The van der Waals surface area contributed by atoms with Crippen molar-refractivity contribution in [3.63, 3.8) is 0 Å². The molecule has 0 aliphatic rings. The third-order valence-electron chi connectivity index (χ3n) is 2.94. The van der Waals surface area contributed by atoms with Gasteiger partial charge in [0.1, 0.15) is 18.9 Å². The molecule has 0 saturated carbocycles. The summed E-state index contributed by atoms with van der Waals surface area (Å²) >= 11 is 0. The maximum Gasteiger partial charge on any atom is 0.469 e. The van der Waals surface area contributed by atoms with Gasteiger partial charge in [0.05, 0.1) is 19.5 Å². The van der Waals surface area contributed by atoms with Crippen LogP contribution in [0.4, 0.5) is 5.95 Å². The van der Waals surface area contributed by atoms with Crippen LogP contribution in [0.1, 0.15) is 0 Å². The van der Waals surface area contributed by atoms with E-state index in [4.69, 9.17) is 25.4 Å². The van der Waals surface area contributed by atoms with Gasteiger partial charge >= 0.3 is 7.82 Å². The number of H-pyrrole nitrogens is 1. The SMILES string of the molecule is Nc1nc2c(ncn2CO[C@H](COP(=O)(O)O)C(O)CO)c(=O)[nH]1. The summed E-state index contributed by atoms with van der Waals surface area (Å²) < 4.78 is 21.6. The minimum absolute atomic E-state index is 0.0125. The summed E-state index contributed by atoms with van der Waals surface area (Å²) in [5.41, 5.74) is 5.03. The molecular formula is C10H16N5O8P. The van der Waals surface area contributed by atoms with Crippen LogP contribution in [0.15, 0.2) is 11.1 Å². The molecule has 14 heteroatoms. The molecule has 0 fully saturated rings. The molecule has 0 saturated heterocycles. The van der Waals surface area contributed by atoms with E-state index >= 15 is 0 Å². The first-order valence-corrected chi connectivity index (χ1v) is 8.05. The molecule has 0 aromatic carbocycles. The van der Waals surface area contributed by atoms with Gasteiger partial charge in [-0.25, -0.2) is 9.55 Å². The molecular weight excluding hydrogens is 349 g/mol. The molecule has 0 radical (unpaired) electrons. The first-order valence-electron chi connectivity index (χ1n) is 6.52. The molecule has 0 aliphatic heterocycles. The summed E-state index contributed by atoms with van der Waals surface area (Å²) in [7, 11) is -4.77. The number of hydrogen-bond acceptors (Lipinski definition) is 9. The van der Waals surface area contributed by atoms with Crippen LogP contribution in [0, 0.1) is 0 Å². The van der Waals surface area contributed by atoms with Crippen molar-refractivity contribution >= 4 is 24.9 Å². The number of nitrogen functional groups attached to an aromatic ring is 1. The number of anilines is 1. The monoisotopic (exact) mass is 365 g/mol. The van der Waals surface area contributed by atoms with Crippen LogP contribution >= 0.6 is 7.82 Å². The van der Waals surface area contributed by atoms with Crippen molar-refractivity contribution < 1.29 is 33.8 Å². The van der Waals surface area contributed by atoms with Gasteiger partial charge in [0, 0.05) is 0 Å². The number of nitrogens with zero attached hydrogens (tertiary/aromatic N) is 3. The summed E-state index contributed by atoms with van der Waals surface area (Å²) in [6, 6.07) is 0. The van der Waals surface area contributed by atoms with E-state index in [1.54, 1.807) is 0 Å². The molecule has 134 valence electrons. The third kappa shape index (κ3) is 4.58. The standard InChI is InChI=1S/C10H16N5O8P/c11-10-13-8-7(9(18)14-10)12-3-15(8)4-22-6(5(17)1-16)2-23-24(19,20)21/h3,5-6,16-17H,1-2,4H2,(H2,19,20,21)(H3,11,13,14,18)/t5?,6-/m1/s1. The molecule has 0 aliphatic carbocycles. The molecule has 2 atom stereocenters. The van der Waals surface area contributed by atoms with Crippen molar-refractivity contribution in [2.45, 2.75) is 18.9 Å². The Hall–Kier alpha value is -1.86. The van der Waals surface area contributed by atoms with E-state index in [0.29, 0.717) is 0 Å². The second-order valence-electron chi connectivity index (χ2n) is 4.71. The molecule has 2 aromatic heterocycles. The molecule has 0 bridgehead atoms. The number of ether oxygens (including phenoxy) is 1. The highest BCUT2D eigenvalue weighted by Gasteiger charge is 2.25. The number of nitrogens with one attached hydrogen (secondary N) is 1. The highest BCUT2D eigenvalue weighted by Crippen LogP contribution is 2.36. The minimum Gasteiger partial charge on any atom is -0.394 e. The fourth-order valence-electron chi connectivity index (χ4n) is 1.80. The van der Waals surface area contributed by atoms with Crippen LogP contribution < -0.4 is 11.3 Å². The molecule has 0 spiro atoms. The van der Waals surface area contributed by atoms with Gasteiger partial charge in [0.2, 0.25) is 5.95 Å². The van der Waals surface area contributed by atoms with Gasteiger partial charge in [-0.1, -0.05) is 0 Å². The Morgan fingerprint density at radius 3 is 2.79 bits per heavy atom. The average Bonchev–Trinajstić information content (AvgIpc) is 2.89. The number of aliphatic hydroxyl groups is 2. The number of hydrogen-bond donors (Lipinski definition) is 6. The predicted molar refractivity (Wildman–Crippen MR) is 78.5 cm³/mol. The first kappa shape index (κ1) is 18.5. The van der Waals surface area contributed by atoms with Crippen molar-refractivity contribution in [3.8, 4) is 0 Å². The normalized spacial score (nSPS) is 14.8. The van der Waals surface area contributed by atoms with Crippen molar-refractivity contribution in [3.05, 3.63) is 16.7 Å². The number of aromatic amines is 1. The van der Waals surface area contributed by atoms with Gasteiger partial charge in [-0.2, -0.15) is 4.98 Å². The number of phosphoric ester groups is 1. The largest absolute Gasteiger partial charge is 0.469 e. The van der Waals surface area contributed by atoms with Crippen molar-refractivity contribution in [1.82, 2.24) is 19.5 Å². The number of fused-ring (bicyclic) bond motifs is 1. The van der Waals surface area contributed by atoms with E-state index in [-0.39, 0.29) is 23.8 Å². The Balaban J connectivity index is 2.14. The molecule has 2 heterocycles. The Morgan fingerprint density at radius 2 is 2.17 bits per heavy atom. The summed E-state index contributed by atoms with van der Waals surface area (Å²) in [5, 5.41) is 18.6. The Labute approximate surface area is 133 Å². The molecule has 0 amide bonds. The van der Waals surface area contributed by atoms with Crippen molar-refractivity contribution in [2.75, 3.05) is 18.9 Å². The lowest BCUT2D eigenvalue weighted by molar-refractivity contribution is -0.0983. The number of aliphatic hydroxyl groups excluding tert-OH is 2. The van der Waals surface area contributed by atoms with Crippen LogP contribution in [-0.2, 0) is 20.6 Å². The van der Waals surface area contributed by atoms with Crippen LogP contribution in [0.2, 0.25) is 0 Å². The van der Waals surface area contributed by atoms with E-state index in [1.165, 1.54) is 10.9 Å². The summed E-state index contributed by atoms with van der Waals surface area (Å²) in [4.78, 5) is 39.0. The lowest BCUT2D eigenvalue weighted by Crippen LogP contribution is -2.36. The second-order valence-corrected chi connectivity index (χ2v) is 5.95. The molecule has 2 aromatic rings. The smallest absolute Gasteiger partial charge is 0.394 e. The van der Waals surface area contributed by atoms with Gasteiger partial charge in [-0.05, 0) is 0 Å². The highest BCUT2D eigenvalue weighted by atomic mass is 31.2. The third-order valence-corrected chi connectivity index (χ3v) is 3.43. The van der Waals surface area contributed by atoms with E-state index in [1.807, 2.05) is 0 Å². The van der Waals surface area contributed by atoms with Crippen LogP contribution in [0.25, 0.3) is 11.2 Å². The Morgan fingerprint density at radius 1 is 1.46 bits per heavy atom. The Kier molecular flexibility index (Phi) is 5.66. The molecule has 7 N–H and O–H groups in total. The van der Waals surface area contributed by atoms with Crippen LogP contribution in [-0.4, -0.2) is 64.9 Å². The van der Waals surface area contributed by atoms with E-state index in [0.717, 1.165) is 0 Å². The fourth-order valence-corrected chi connectivity index (χ4v) is 2.14. The second kappa shape index (κ2) is 7.36. The zero-order chi connectivity index (χ0) is 17.9. The minimum atomic E-state index is -4.77. The van der Waals surface area contributed by atoms with Crippen molar-refractivity contribution in [1.29, 1.82) is 0 Å². The number of nitrogens with two attached hydrogens (primary N) is 1.